The summed E-state index contributed by atoms with van der Waals surface area (Å²) in [5.74, 6) is 0.745. The molecule has 0 aliphatic heterocycles. The zero-order valence-electron chi connectivity index (χ0n) is 14.0. The molecule has 23 heavy (non-hydrogen) atoms. The number of rotatable bonds is 3. The maximum absolute atomic E-state index is 12.4. The zero-order chi connectivity index (χ0) is 16.7. The van der Waals surface area contributed by atoms with Crippen molar-refractivity contribution in [2.24, 2.45) is 0 Å². The monoisotopic (exact) mass is 344 g/mol. The van der Waals surface area contributed by atoms with Crippen molar-refractivity contribution in [1.82, 2.24) is 9.97 Å². The topological polar surface area (TPSA) is 45.8 Å². The molecule has 120 valence electrons. The highest BCUT2D eigenvalue weighted by atomic mass is 32.2. The number of aromatic nitrogens is 2. The second kappa shape index (κ2) is 6.13. The molecule has 0 saturated heterocycles. The van der Waals surface area contributed by atoms with E-state index in [0.29, 0.717) is 0 Å². The van der Waals surface area contributed by atoms with Gasteiger partial charge in [0.05, 0.1) is 10.6 Å². The lowest BCUT2D eigenvalue weighted by atomic mass is 10.2. The molecule has 0 amide bonds. The summed E-state index contributed by atoms with van der Waals surface area (Å²) in [4.78, 5) is 23.3. The largest absolute Gasteiger partial charge is 0.309 e. The molecule has 0 aliphatic carbocycles. The number of thiophene rings is 1. The van der Waals surface area contributed by atoms with Gasteiger partial charge >= 0.3 is 0 Å². The van der Waals surface area contributed by atoms with E-state index < -0.39 is 0 Å². The first-order valence-corrected chi connectivity index (χ1v) is 9.30. The van der Waals surface area contributed by atoms with E-state index in [-0.39, 0.29) is 10.8 Å². The molecule has 0 bridgehead atoms. The van der Waals surface area contributed by atoms with Crippen LogP contribution in [-0.4, -0.2) is 9.97 Å². The van der Waals surface area contributed by atoms with E-state index in [0.717, 1.165) is 26.5 Å². The van der Waals surface area contributed by atoms with E-state index in [1.165, 1.54) is 16.0 Å². The molecule has 3 aromatic rings. The van der Waals surface area contributed by atoms with Crippen molar-refractivity contribution in [2.45, 2.75) is 44.8 Å². The Labute approximate surface area is 144 Å². The van der Waals surface area contributed by atoms with Crippen molar-refractivity contribution in [1.29, 1.82) is 0 Å². The minimum atomic E-state index is -0.0275. The molecule has 5 heteroatoms. The van der Waals surface area contributed by atoms with E-state index in [4.69, 9.17) is 4.98 Å². The third kappa shape index (κ3) is 3.08. The molecule has 2 heterocycles. The second-order valence-corrected chi connectivity index (χ2v) is 8.53. The van der Waals surface area contributed by atoms with Crippen LogP contribution < -0.4 is 5.56 Å². The molecule has 2 aromatic heterocycles. The molecule has 1 N–H and O–H groups in total. The fourth-order valence-corrected chi connectivity index (χ4v) is 4.69. The van der Waals surface area contributed by atoms with Gasteiger partial charge in [-0.05, 0) is 51.8 Å². The van der Waals surface area contributed by atoms with Crippen LogP contribution in [0.4, 0.5) is 0 Å². The van der Waals surface area contributed by atoms with E-state index in [1.54, 1.807) is 23.1 Å². The molecule has 1 unspecified atom stereocenters. The Balaban J connectivity index is 1.99. The van der Waals surface area contributed by atoms with Crippen LogP contribution in [-0.2, 0) is 0 Å². The van der Waals surface area contributed by atoms with Crippen LogP contribution in [0.15, 0.2) is 27.9 Å². The van der Waals surface area contributed by atoms with Gasteiger partial charge in [0.2, 0.25) is 0 Å². The number of nitrogens with one attached hydrogen (secondary N) is 1. The van der Waals surface area contributed by atoms with Gasteiger partial charge in [-0.1, -0.05) is 17.7 Å². The SMILES string of the molecule is Cc1ccc(C)c(SC(C)c2nc3sc(C)c(C)c3c(=O)[nH]2)c1. The van der Waals surface area contributed by atoms with Crippen LogP contribution in [0.25, 0.3) is 10.2 Å². The van der Waals surface area contributed by atoms with E-state index in [2.05, 4.69) is 44.0 Å². The maximum Gasteiger partial charge on any atom is 0.259 e. The van der Waals surface area contributed by atoms with Crippen LogP contribution in [0.5, 0.6) is 0 Å². The van der Waals surface area contributed by atoms with Gasteiger partial charge in [0.25, 0.3) is 5.56 Å². The third-order valence-electron chi connectivity index (χ3n) is 4.09. The Bertz CT molecular complexity index is 940. The zero-order valence-corrected chi connectivity index (χ0v) is 15.6. The first-order chi connectivity index (χ1) is 10.9. The van der Waals surface area contributed by atoms with E-state index in [1.807, 2.05) is 13.8 Å². The van der Waals surface area contributed by atoms with E-state index >= 15 is 0 Å². The van der Waals surface area contributed by atoms with Gasteiger partial charge in [-0.25, -0.2) is 4.98 Å². The predicted molar refractivity (Wildman–Crippen MR) is 99.9 cm³/mol. The Hall–Kier alpha value is -1.59. The first kappa shape index (κ1) is 16.3. The summed E-state index contributed by atoms with van der Waals surface area (Å²) in [6, 6.07) is 6.44. The number of thioether (sulfide) groups is 1. The Kier molecular flexibility index (Phi) is 4.34. The highest BCUT2D eigenvalue weighted by Crippen LogP contribution is 2.36. The molecule has 0 spiro atoms. The Morgan fingerprint density at radius 1 is 1.22 bits per heavy atom. The van der Waals surface area contributed by atoms with Crippen LogP contribution in [0.3, 0.4) is 0 Å². The molecule has 3 rings (SSSR count). The quantitative estimate of drug-likeness (QED) is 0.675. The lowest BCUT2D eigenvalue weighted by Gasteiger charge is -2.13. The molecular formula is C18H20N2OS2. The minimum Gasteiger partial charge on any atom is -0.309 e. The average molecular weight is 345 g/mol. The molecular weight excluding hydrogens is 324 g/mol. The second-order valence-electron chi connectivity index (χ2n) is 5.94. The van der Waals surface area contributed by atoms with Gasteiger partial charge in [0, 0.05) is 9.77 Å². The third-order valence-corrected chi connectivity index (χ3v) is 6.46. The van der Waals surface area contributed by atoms with Crippen LogP contribution in [0, 0.1) is 27.7 Å². The molecule has 0 saturated carbocycles. The summed E-state index contributed by atoms with van der Waals surface area (Å²) in [5.41, 5.74) is 3.51. The van der Waals surface area contributed by atoms with Gasteiger partial charge in [-0.3, -0.25) is 4.79 Å². The number of aryl methyl sites for hydroxylation is 4. The smallest absolute Gasteiger partial charge is 0.259 e. The fourth-order valence-electron chi connectivity index (χ4n) is 2.54. The number of aromatic amines is 1. The molecule has 0 radical (unpaired) electrons. The Morgan fingerprint density at radius 2 is 1.96 bits per heavy atom. The summed E-state index contributed by atoms with van der Waals surface area (Å²) in [5, 5.41) is 0.829. The summed E-state index contributed by atoms with van der Waals surface area (Å²) in [6.07, 6.45) is 0. The van der Waals surface area contributed by atoms with Crippen molar-refractivity contribution >= 4 is 33.3 Å². The normalized spacial score (nSPS) is 12.7. The summed E-state index contributed by atoms with van der Waals surface area (Å²) in [6.45, 7) is 10.3. The highest BCUT2D eigenvalue weighted by molar-refractivity contribution is 7.99. The fraction of sp³-hybridized carbons (Fsp3) is 0.333. The average Bonchev–Trinajstić information content (AvgIpc) is 2.78. The number of fused-ring (bicyclic) bond motifs is 1. The first-order valence-electron chi connectivity index (χ1n) is 7.60. The van der Waals surface area contributed by atoms with Crippen LogP contribution in [0.2, 0.25) is 0 Å². The summed E-state index contributed by atoms with van der Waals surface area (Å²) in [7, 11) is 0. The molecule has 1 aromatic carbocycles. The summed E-state index contributed by atoms with van der Waals surface area (Å²) >= 11 is 3.33. The van der Waals surface area contributed by atoms with Gasteiger partial charge < -0.3 is 4.98 Å². The number of hydrogen-bond acceptors (Lipinski definition) is 4. The number of nitrogens with zero attached hydrogens (tertiary/aromatic N) is 1. The van der Waals surface area contributed by atoms with Crippen molar-refractivity contribution < 1.29 is 0 Å². The van der Waals surface area contributed by atoms with Crippen molar-refractivity contribution in [3.05, 3.63) is 55.9 Å². The summed E-state index contributed by atoms with van der Waals surface area (Å²) < 4.78 is 0. The predicted octanol–water partition coefficient (Wildman–Crippen LogP) is 5.07. The minimum absolute atomic E-state index is 0.0275. The maximum atomic E-state index is 12.4. The van der Waals surface area contributed by atoms with Gasteiger partial charge in [-0.15, -0.1) is 23.1 Å². The standard InChI is InChI=1S/C18H20N2OS2/c1-9-6-7-10(2)14(8-9)22-13(5)16-19-17(21)15-11(3)12(4)23-18(15)20-16/h6-8,13H,1-5H3,(H,19,20,21). The van der Waals surface area contributed by atoms with Gasteiger partial charge in [0.15, 0.2) is 0 Å². The lowest BCUT2D eigenvalue weighted by molar-refractivity contribution is 0.924. The molecule has 1 atom stereocenters. The van der Waals surface area contributed by atoms with Crippen molar-refractivity contribution in [2.75, 3.05) is 0 Å². The molecule has 3 nitrogen and oxygen atoms in total. The number of benzene rings is 1. The molecule has 0 aliphatic rings. The van der Waals surface area contributed by atoms with Gasteiger partial charge in [0.1, 0.15) is 10.7 Å². The van der Waals surface area contributed by atoms with Crippen LogP contribution >= 0.6 is 23.1 Å². The highest BCUT2D eigenvalue weighted by Gasteiger charge is 2.16. The Morgan fingerprint density at radius 3 is 2.70 bits per heavy atom. The van der Waals surface area contributed by atoms with Crippen LogP contribution in [0.1, 0.15) is 39.6 Å². The number of hydrogen-bond donors (Lipinski definition) is 1. The lowest BCUT2D eigenvalue weighted by Crippen LogP contribution is -2.12. The van der Waals surface area contributed by atoms with Crippen molar-refractivity contribution in [3.63, 3.8) is 0 Å². The van der Waals surface area contributed by atoms with Gasteiger partial charge in [-0.2, -0.15) is 0 Å². The van der Waals surface area contributed by atoms with Crippen molar-refractivity contribution in [3.8, 4) is 0 Å². The van der Waals surface area contributed by atoms with E-state index in [9.17, 15) is 4.79 Å². The number of H-pyrrole nitrogens is 1. The molecule has 0 fully saturated rings.